The van der Waals surface area contributed by atoms with Gasteiger partial charge in [0.15, 0.2) is 0 Å². The third kappa shape index (κ3) is 7.63. The Morgan fingerprint density at radius 2 is 1.76 bits per heavy atom. The minimum Gasteiger partial charge on any atom is -0.469 e. The summed E-state index contributed by atoms with van der Waals surface area (Å²) < 4.78 is 4.89. The van der Waals surface area contributed by atoms with Crippen molar-refractivity contribution in [3.8, 4) is 11.1 Å². The van der Waals surface area contributed by atoms with Gasteiger partial charge < -0.3 is 15.4 Å². The number of amides is 1. The van der Waals surface area contributed by atoms with Gasteiger partial charge in [0, 0.05) is 56.2 Å². The van der Waals surface area contributed by atoms with Crippen LogP contribution in [0.1, 0.15) is 22.4 Å². The van der Waals surface area contributed by atoms with Crippen LogP contribution < -0.4 is 10.6 Å². The number of aromatic nitrogens is 2. The molecule has 0 spiro atoms. The van der Waals surface area contributed by atoms with E-state index in [4.69, 9.17) is 4.74 Å². The van der Waals surface area contributed by atoms with Gasteiger partial charge in [0.1, 0.15) is 0 Å². The first-order valence-electron chi connectivity index (χ1n) is 13.8. The molecule has 1 saturated heterocycles. The van der Waals surface area contributed by atoms with Gasteiger partial charge in [0.2, 0.25) is 5.91 Å². The summed E-state index contributed by atoms with van der Waals surface area (Å²) in [6, 6.07) is 23.6. The van der Waals surface area contributed by atoms with Crippen LogP contribution in [0, 0.1) is 12.8 Å². The van der Waals surface area contributed by atoms with E-state index in [0.717, 1.165) is 39.2 Å². The molecule has 1 amide bonds. The summed E-state index contributed by atoms with van der Waals surface area (Å²) in [5, 5.41) is 6.62. The van der Waals surface area contributed by atoms with Crippen molar-refractivity contribution in [2.45, 2.75) is 32.5 Å². The van der Waals surface area contributed by atoms with Crippen LogP contribution in [0.15, 0.2) is 91.4 Å². The highest BCUT2D eigenvalue weighted by atomic mass is 16.5. The maximum atomic E-state index is 13.7. The topological polar surface area (TPSA) is 96.5 Å². The van der Waals surface area contributed by atoms with Crippen LogP contribution in [-0.2, 0) is 33.8 Å². The molecule has 0 bridgehead atoms. The fourth-order valence-electron chi connectivity index (χ4n) is 5.10. The molecule has 3 heterocycles. The molecule has 8 heteroatoms. The van der Waals surface area contributed by atoms with Crippen LogP contribution in [0.2, 0.25) is 0 Å². The molecule has 41 heavy (non-hydrogen) atoms. The van der Waals surface area contributed by atoms with Crippen LogP contribution in [0.4, 0.5) is 5.69 Å². The lowest BCUT2D eigenvalue weighted by molar-refractivity contribution is -0.151. The Balaban J connectivity index is 1.37. The fourth-order valence-corrected chi connectivity index (χ4v) is 5.10. The number of nitrogens with one attached hydrogen (secondary N) is 2. The summed E-state index contributed by atoms with van der Waals surface area (Å²) >= 11 is 0. The van der Waals surface area contributed by atoms with Crippen molar-refractivity contribution >= 4 is 17.6 Å². The van der Waals surface area contributed by atoms with Gasteiger partial charge in [-0.05, 0) is 77.6 Å². The molecule has 5 rings (SSSR count). The number of carbonyl (C=O) groups is 2. The Morgan fingerprint density at radius 1 is 0.951 bits per heavy atom. The predicted molar refractivity (Wildman–Crippen MR) is 159 cm³/mol. The normalized spacial score (nSPS) is 14.2. The lowest BCUT2D eigenvalue weighted by atomic mass is 9.97. The summed E-state index contributed by atoms with van der Waals surface area (Å²) in [6.07, 6.45) is 5.88. The molecule has 1 fully saturated rings. The number of hydrogen-bond acceptors (Lipinski definition) is 7. The van der Waals surface area contributed by atoms with Crippen molar-refractivity contribution in [1.82, 2.24) is 20.2 Å². The van der Waals surface area contributed by atoms with E-state index < -0.39 is 6.04 Å². The molecular weight excluding hydrogens is 514 g/mol. The summed E-state index contributed by atoms with van der Waals surface area (Å²) in [5.74, 6) is -0.366. The second-order valence-electron chi connectivity index (χ2n) is 10.5. The summed E-state index contributed by atoms with van der Waals surface area (Å²) in [7, 11) is 1.43. The Bertz CT molecular complexity index is 1470. The monoisotopic (exact) mass is 549 g/mol. The standard InChI is InChI=1S/C33H35N5O3/c1-23-13-27(10-12-35-23)28-14-26(20-38-21-29(22-38)33(40)41-2)15-30(17-28)37-32(39)31(16-24-7-4-3-5-8-24)36-19-25-9-6-11-34-18-25/h3-15,17-18,29,31,36H,16,19-22H2,1-2H3,(H,37,39)/t31-/m0/s1. The van der Waals surface area contributed by atoms with E-state index in [2.05, 4.69) is 31.6 Å². The largest absolute Gasteiger partial charge is 0.469 e. The lowest BCUT2D eigenvalue weighted by Gasteiger charge is -2.37. The average molecular weight is 550 g/mol. The van der Waals surface area contributed by atoms with Gasteiger partial charge in [-0.3, -0.25) is 24.5 Å². The quantitative estimate of drug-likeness (QED) is 0.268. The number of rotatable bonds is 11. The molecule has 1 aliphatic heterocycles. The van der Waals surface area contributed by atoms with Crippen molar-refractivity contribution in [2.24, 2.45) is 5.92 Å². The van der Waals surface area contributed by atoms with Crippen LogP contribution in [0.5, 0.6) is 0 Å². The SMILES string of the molecule is COC(=O)C1CN(Cc2cc(NC(=O)[C@H](Cc3ccccc3)NCc3cccnc3)cc(-c3ccnc(C)c3)c2)C1. The third-order valence-electron chi connectivity index (χ3n) is 7.26. The van der Waals surface area contributed by atoms with Crippen molar-refractivity contribution in [3.63, 3.8) is 0 Å². The molecule has 2 aromatic heterocycles. The van der Waals surface area contributed by atoms with E-state index in [9.17, 15) is 9.59 Å². The molecule has 0 unspecified atom stereocenters. The number of nitrogens with zero attached hydrogens (tertiary/aromatic N) is 3. The first-order chi connectivity index (χ1) is 20.0. The van der Waals surface area contributed by atoms with E-state index in [0.29, 0.717) is 32.6 Å². The molecule has 0 radical (unpaired) electrons. The number of carbonyl (C=O) groups excluding carboxylic acids is 2. The predicted octanol–water partition coefficient (Wildman–Crippen LogP) is 4.40. The van der Waals surface area contributed by atoms with Gasteiger partial charge in [-0.15, -0.1) is 0 Å². The highest BCUT2D eigenvalue weighted by Gasteiger charge is 2.33. The highest BCUT2D eigenvalue weighted by molar-refractivity contribution is 5.95. The maximum Gasteiger partial charge on any atom is 0.311 e. The third-order valence-corrected chi connectivity index (χ3v) is 7.26. The number of hydrogen-bond donors (Lipinski definition) is 2. The Kier molecular flexibility index (Phi) is 9.13. The number of esters is 1. The number of pyridine rings is 2. The summed E-state index contributed by atoms with van der Waals surface area (Å²) in [5.41, 5.74) is 6.81. The van der Waals surface area contributed by atoms with Crippen LogP contribution >= 0.6 is 0 Å². The van der Waals surface area contributed by atoms with Gasteiger partial charge in [0.05, 0.1) is 19.1 Å². The van der Waals surface area contributed by atoms with Crippen LogP contribution in [0.25, 0.3) is 11.1 Å². The van der Waals surface area contributed by atoms with Crippen molar-refractivity contribution in [1.29, 1.82) is 0 Å². The lowest BCUT2D eigenvalue weighted by Crippen LogP contribution is -2.50. The zero-order valence-electron chi connectivity index (χ0n) is 23.4. The van der Waals surface area contributed by atoms with Gasteiger partial charge >= 0.3 is 5.97 Å². The summed E-state index contributed by atoms with van der Waals surface area (Å²) in [4.78, 5) is 36.3. The minimum atomic E-state index is -0.455. The van der Waals surface area contributed by atoms with E-state index in [1.807, 2.05) is 73.7 Å². The molecule has 0 aliphatic carbocycles. The molecule has 1 atom stereocenters. The fraction of sp³-hybridized carbons (Fsp3) is 0.273. The first kappa shape index (κ1) is 28.1. The number of aryl methyl sites for hydroxylation is 1. The molecule has 8 nitrogen and oxygen atoms in total. The summed E-state index contributed by atoms with van der Waals surface area (Å²) in [6.45, 7) is 4.47. The van der Waals surface area contributed by atoms with E-state index in [1.165, 1.54) is 7.11 Å². The van der Waals surface area contributed by atoms with Crippen LogP contribution in [-0.4, -0.2) is 53.0 Å². The minimum absolute atomic E-state index is 0.0881. The molecule has 2 aromatic carbocycles. The number of methoxy groups -OCH3 is 1. The van der Waals surface area contributed by atoms with E-state index >= 15 is 0 Å². The molecule has 2 N–H and O–H groups in total. The molecule has 1 aliphatic rings. The number of likely N-dealkylation sites (tertiary alicyclic amines) is 1. The zero-order valence-corrected chi connectivity index (χ0v) is 23.4. The van der Waals surface area contributed by atoms with E-state index in [1.54, 1.807) is 18.6 Å². The average Bonchev–Trinajstić information content (AvgIpc) is 2.97. The number of benzene rings is 2. The van der Waals surface area contributed by atoms with Crippen molar-refractivity contribution in [3.05, 3.63) is 114 Å². The van der Waals surface area contributed by atoms with Crippen molar-refractivity contribution in [2.75, 3.05) is 25.5 Å². The molecule has 0 saturated carbocycles. The smallest absolute Gasteiger partial charge is 0.311 e. The van der Waals surface area contributed by atoms with Crippen molar-refractivity contribution < 1.29 is 14.3 Å². The number of anilines is 1. The van der Waals surface area contributed by atoms with Gasteiger partial charge in [-0.1, -0.05) is 36.4 Å². The second-order valence-corrected chi connectivity index (χ2v) is 10.5. The second kappa shape index (κ2) is 13.3. The maximum absolute atomic E-state index is 13.7. The van der Waals surface area contributed by atoms with E-state index in [-0.39, 0.29) is 17.8 Å². The van der Waals surface area contributed by atoms with Gasteiger partial charge in [-0.25, -0.2) is 0 Å². The Morgan fingerprint density at radius 3 is 2.49 bits per heavy atom. The molecular formula is C33H35N5O3. The molecule has 4 aromatic rings. The Labute approximate surface area is 240 Å². The number of ether oxygens (including phenoxy) is 1. The first-order valence-corrected chi connectivity index (χ1v) is 13.8. The zero-order chi connectivity index (χ0) is 28.6. The van der Waals surface area contributed by atoms with Gasteiger partial charge in [-0.2, -0.15) is 0 Å². The highest BCUT2D eigenvalue weighted by Crippen LogP contribution is 2.28. The van der Waals surface area contributed by atoms with Gasteiger partial charge in [0.25, 0.3) is 0 Å². The Hall–Kier alpha value is -4.40. The van der Waals surface area contributed by atoms with Crippen LogP contribution in [0.3, 0.4) is 0 Å². The molecule has 210 valence electrons.